The number of rotatable bonds is 0. The van der Waals surface area contributed by atoms with Crippen molar-refractivity contribution >= 4 is 11.4 Å². The zero-order valence-electron chi connectivity index (χ0n) is 4.91. The van der Waals surface area contributed by atoms with Gasteiger partial charge in [-0.2, -0.15) is 0 Å². The van der Waals surface area contributed by atoms with Gasteiger partial charge in [0.05, 0.1) is 5.71 Å². The van der Waals surface area contributed by atoms with E-state index in [4.69, 9.17) is 10.8 Å². The molecule has 0 atom stereocenters. The molecule has 0 aromatic rings. The maximum absolute atomic E-state index is 12.3. The summed E-state index contributed by atoms with van der Waals surface area (Å²) in [5.41, 5.74) is -1.00. The molecule has 0 radical (unpaired) electrons. The third kappa shape index (κ3) is 0.877. The first-order valence-electron chi connectivity index (χ1n) is 2.54. The molecule has 2 N–H and O–H groups in total. The molecule has 0 bridgehead atoms. The summed E-state index contributed by atoms with van der Waals surface area (Å²) in [4.78, 5) is 0. The van der Waals surface area contributed by atoms with Crippen molar-refractivity contribution < 1.29 is 8.78 Å². The summed E-state index contributed by atoms with van der Waals surface area (Å²) in [6.45, 7) is 0. The largest absolute Gasteiger partial charge is 0.299 e. The summed E-state index contributed by atoms with van der Waals surface area (Å²) in [6.07, 6.45) is 1.87. The Labute approximate surface area is 55.9 Å². The second kappa shape index (κ2) is 2.13. The van der Waals surface area contributed by atoms with Gasteiger partial charge in [0.25, 0.3) is 0 Å². The quantitative estimate of drug-likeness (QED) is 0.484. The van der Waals surface area contributed by atoms with Crippen LogP contribution in [0.15, 0.2) is 23.8 Å². The Balaban J connectivity index is 3.11. The van der Waals surface area contributed by atoms with E-state index in [2.05, 4.69) is 0 Å². The molecule has 1 rings (SSSR count). The van der Waals surface area contributed by atoms with Gasteiger partial charge < -0.3 is 0 Å². The molecular weight excluding hydrogens is 138 g/mol. The zero-order chi connectivity index (χ0) is 7.72. The molecule has 0 fully saturated rings. The van der Waals surface area contributed by atoms with Crippen LogP contribution in [0.1, 0.15) is 0 Å². The van der Waals surface area contributed by atoms with Crippen LogP contribution in [0.5, 0.6) is 0 Å². The number of halogens is 2. The highest BCUT2D eigenvalue weighted by molar-refractivity contribution is 6.50. The van der Waals surface area contributed by atoms with Gasteiger partial charge in [0.15, 0.2) is 11.7 Å². The molecule has 0 aliphatic heterocycles. The summed E-state index contributed by atoms with van der Waals surface area (Å²) in [6, 6.07) is 0. The van der Waals surface area contributed by atoms with Crippen molar-refractivity contribution in [2.45, 2.75) is 0 Å². The summed E-state index contributed by atoms with van der Waals surface area (Å²) in [7, 11) is 0. The molecule has 4 heteroatoms. The molecule has 0 aromatic carbocycles. The first-order chi connectivity index (χ1) is 4.63. The lowest BCUT2D eigenvalue weighted by Gasteiger charge is -2.03. The topological polar surface area (TPSA) is 47.7 Å². The SMILES string of the molecule is N=C1C=CC(F)=C(F)C1=N. The molecule has 1 aliphatic carbocycles. The van der Waals surface area contributed by atoms with Gasteiger partial charge in [-0.1, -0.05) is 0 Å². The lowest BCUT2D eigenvalue weighted by Crippen LogP contribution is -2.13. The van der Waals surface area contributed by atoms with Gasteiger partial charge in [0.1, 0.15) is 5.71 Å². The fourth-order valence-corrected chi connectivity index (χ4v) is 0.551. The van der Waals surface area contributed by atoms with Crippen LogP contribution in [-0.4, -0.2) is 11.4 Å². The Bertz CT molecular complexity index is 263. The molecule has 1 aliphatic rings. The maximum atomic E-state index is 12.3. The minimum Gasteiger partial charge on any atom is -0.299 e. The molecule has 52 valence electrons. The molecule has 0 saturated carbocycles. The van der Waals surface area contributed by atoms with Gasteiger partial charge in [-0.05, 0) is 12.2 Å². The maximum Gasteiger partial charge on any atom is 0.185 e. The van der Waals surface area contributed by atoms with E-state index in [1.807, 2.05) is 0 Å². The fraction of sp³-hybridized carbons (Fsp3) is 0. The number of hydrogen-bond acceptors (Lipinski definition) is 2. The Hall–Kier alpha value is -1.32. The minimum absolute atomic E-state index is 0.307. The van der Waals surface area contributed by atoms with Crippen LogP contribution in [0.3, 0.4) is 0 Å². The zero-order valence-corrected chi connectivity index (χ0v) is 4.91. The summed E-state index contributed by atoms with van der Waals surface area (Å²) in [5, 5.41) is 13.6. The monoisotopic (exact) mass is 142 g/mol. The van der Waals surface area contributed by atoms with Crippen LogP contribution >= 0.6 is 0 Å². The third-order valence-electron chi connectivity index (χ3n) is 1.09. The van der Waals surface area contributed by atoms with Crippen molar-refractivity contribution in [3.63, 3.8) is 0 Å². The van der Waals surface area contributed by atoms with E-state index < -0.39 is 17.4 Å². The van der Waals surface area contributed by atoms with Crippen LogP contribution in [0, 0.1) is 10.8 Å². The molecule has 0 unspecified atom stereocenters. The highest BCUT2D eigenvalue weighted by atomic mass is 19.2. The molecule has 0 saturated heterocycles. The Morgan fingerprint density at radius 3 is 2.20 bits per heavy atom. The standard InChI is InChI=1S/C6H4F2N2/c7-3-1-2-4(9)6(10)5(3)8/h1-2,9-10H. The fourth-order valence-electron chi connectivity index (χ4n) is 0.551. The first kappa shape index (κ1) is 6.80. The highest BCUT2D eigenvalue weighted by Gasteiger charge is 2.16. The van der Waals surface area contributed by atoms with E-state index in [0.29, 0.717) is 0 Å². The second-order valence-corrected chi connectivity index (χ2v) is 1.78. The number of allylic oxidation sites excluding steroid dienone is 4. The van der Waals surface area contributed by atoms with Gasteiger partial charge in [0.2, 0.25) is 0 Å². The van der Waals surface area contributed by atoms with E-state index in [-0.39, 0.29) is 5.71 Å². The Kier molecular flexibility index (Phi) is 1.45. The molecule has 2 nitrogen and oxygen atoms in total. The average Bonchev–Trinajstić information content (AvgIpc) is 1.93. The third-order valence-corrected chi connectivity index (χ3v) is 1.09. The first-order valence-corrected chi connectivity index (χ1v) is 2.54. The average molecular weight is 142 g/mol. The Morgan fingerprint density at radius 2 is 1.70 bits per heavy atom. The molecule has 0 heterocycles. The van der Waals surface area contributed by atoms with Crippen LogP contribution < -0.4 is 0 Å². The summed E-state index contributed by atoms with van der Waals surface area (Å²) in [5.74, 6) is -2.34. The minimum atomic E-state index is -1.26. The van der Waals surface area contributed by atoms with Crippen LogP contribution in [0.2, 0.25) is 0 Å². The molecule has 0 aromatic heterocycles. The van der Waals surface area contributed by atoms with E-state index in [0.717, 1.165) is 12.2 Å². The normalized spacial score (nSPS) is 18.6. The van der Waals surface area contributed by atoms with Crippen LogP contribution in [-0.2, 0) is 0 Å². The van der Waals surface area contributed by atoms with Gasteiger partial charge in [0, 0.05) is 0 Å². The Morgan fingerprint density at radius 1 is 1.10 bits per heavy atom. The predicted molar refractivity (Wildman–Crippen MR) is 33.8 cm³/mol. The smallest absolute Gasteiger partial charge is 0.185 e. The van der Waals surface area contributed by atoms with Crippen molar-refractivity contribution in [3.05, 3.63) is 23.8 Å². The summed E-state index contributed by atoms with van der Waals surface area (Å²) < 4.78 is 24.5. The van der Waals surface area contributed by atoms with Gasteiger partial charge in [-0.3, -0.25) is 10.8 Å². The lowest BCUT2D eigenvalue weighted by atomic mass is 10.1. The van der Waals surface area contributed by atoms with Gasteiger partial charge in [-0.25, -0.2) is 8.78 Å². The van der Waals surface area contributed by atoms with Crippen molar-refractivity contribution in [2.24, 2.45) is 0 Å². The predicted octanol–water partition coefficient (Wildman–Crippen LogP) is 1.75. The van der Waals surface area contributed by atoms with E-state index in [1.54, 1.807) is 0 Å². The van der Waals surface area contributed by atoms with E-state index in [9.17, 15) is 8.78 Å². The number of hydrogen-bond donors (Lipinski definition) is 2. The highest BCUT2D eigenvalue weighted by Crippen LogP contribution is 2.15. The molecule has 0 amide bonds. The van der Waals surface area contributed by atoms with Crippen LogP contribution in [0.4, 0.5) is 8.78 Å². The van der Waals surface area contributed by atoms with Crippen LogP contribution in [0.25, 0.3) is 0 Å². The van der Waals surface area contributed by atoms with Crippen molar-refractivity contribution in [3.8, 4) is 0 Å². The van der Waals surface area contributed by atoms with Crippen molar-refractivity contribution in [1.29, 1.82) is 10.8 Å². The van der Waals surface area contributed by atoms with Crippen molar-refractivity contribution in [2.75, 3.05) is 0 Å². The lowest BCUT2D eigenvalue weighted by molar-refractivity contribution is 0.582. The molecular formula is C6H4F2N2. The van der Waals surface area contributed by atoms with Gasteiger partial charge >= 0.3 is 0 Å². The van der Waals surface area contributed by atoms with Gasteiger partial charge in [-0.15, -0.1) is 0 Å². The van der Waals surface area contributed by atoms with E-state index >= 15 is 0 Å². The number of nitrogens with one attached hydrogen (secondary N) is 2. The molecule has 10 heavy (non-hydrogen) atoms. The van der Waals surface area contributed by atoms with Crippen molar-refractivity contribution in [1.82, 2.24) is 0 Å². The molecule has 0 spiro atoms. The second-order valence-electron chi connectivity index (χ2n) is 1.78. The summed E-state index contributed by atoms with van der Waals surface area (Å²) >= 11 is 0. The van der Waals surface area contributed by atoms with E-state index in [1.165, 1.54) is 0 Å².